The first-order valence-corrected chi connectivity index (χ1v) is 9.03. The lowest BCUT2D eigenvalue weighted by Crippen LogP contribution is -2.30. The van der Waals surface area contributed by atoms with Crippen LogP contribution >= 0.6 is 0 Å². The summed E-state index contributed by atoms with van der Waals surface area (Å²) in [5, 5.41) is 18.5. The Morgan fingerprint density at radius 1 is 1.03 bits per heavy atom. The van der Waals surface area contributed by atoms with E-state index < -0.39 is 11.9 Å². The topological polar surface area (TPSA) is 73.6 Å². The number of hydrogen-bond acceptors (Lipinski definition) is 3. The van der Waals surface area contributed by atoms with Crippen molar-refractivity contribution in [1.82, 2.24) is 4.90 Å². The number of rotatable bonds is 7. The molecule has 0 heterocycles. The second-order valence-electron chi connectivity index (χ2n) is 6.44. The fourth-order valence-electron chi connectivity index (χ4n) is 2.83. The predicted molar refractivity (Wildman–Crippen MR) is 106 cm³/mol. The van der Waals surface area contributed by atoms with E-state index in [2.05, 4.69) is 0 Å². The van der Waals surface area contributed by atoms with Crippen LogP contribution in [0.2, 0.25) is 0 Å². The van der Waals surface area contributed by atoms with Gasteiger partial charge in [0.05, 0.1) is 5.56 Å². The summed E-state index contributed by atoms with van der Waals surface area (Å²) in [7, 11) is 0. The van der Waals surface area contributed by atoms with Gasteiger partial charge in [-0.3, -0.25) is 0 Å². The third-order valence-electron chi connectivity index (χ3n) is 4.37. The van der Waals surface area contributed by atoms with Gasteiger partial charge in [-0.25, -0.2) is 9.18 Å². The molecule has 0 aliphatic rings. The Morgan fingerprint density at radius 3 is 2.41 bits per heavy atom. The molecule has 0 saturated carbocycles. The van der Waals surface area contributed by atoms with Crippen molar-refractivity contribution in [3.05, 3.63) is 95.3 Å². The van der Waals surface area contributed by atoms with Gasteiger partial charge in [0.2, 0.25) is 0 Å². The first-order valence-electron chi connectivity index (χ1n) is 9.03. The van der Waals surface area contributed by atoms with Gasteiger partial charge in [0, 0.05) is 19.2 Å². The fraction of sp³-hybridized carbons (Fsp3) is 0.130. The van der Waals surface area contributed by atoms with Crippen molar-refractivity contribution < 1.29 is 19.0 Å². The molecule has 0 fully saturated rings. The van der Waals surface area contributed by atoms with Gasteiger partial charge in [0.1, 0.15) is 23.4 Å². The van der Waals surface area contributed by atoms with E-state index in [0.717, 1.165) is 11.1 Å². The Morgan fingerprint density at radius 2 is 1.76 bits per heavy atom. The molecule has 1 N–H and O–H groups in total. The smallest absolute Gasteiger partial charge is 0.407 e. The number of nitrogens with zero attached hydrogens (tertiary/aromatic N) is 2. The minimum Gasteiger partial charge on any atom is -0.465 e. The monoisotopic (exact) mass is 390 g/mol. The summed E-state index contributed by atoms with van der Waals surface area (Å²) in [6, 6.07) is 22.2. The number of carbonyl (C=O) groups is 1. The van der Waals surface area contributed by atoms with Crippen LogP contribution in [-0.2, 0) is 13.0 Å². The maximum atomic E-state index is 13.4. The largest absolute Gasteiger partial charge is 0.465 e. The van der Waals surface area contributed by atoms with Gasteiger partial charge in [0.15, 0.2) is 0 Å². The van der Waals surface area contributed by atoms with Crippen molar-refractivity contribution in [3.8, 4) is 17.6 Å². The molecule has 29 heavy (non-hydrogen) atoms. The van der Waals surface area contributed by atoms with Crippen LogP contribution in [0.25, 0.3) is 0 Å². The molecule has 6 heteroatoms. The Kier molecular flexibility index (Phi) is 6.43. The molecule has 0 unspecified atom stereocenters. The number of ether oxygens (including phenoxy) is 1. The minimum absolute atomic E-state index is 0.153. The molecule has 0 aliphatic heterocycles. The molecule has 3 aromatic carbocycles. The van der Waals surface area contributed by atoms with Crippen molar-refractivity contribution >= 4 is 6.09 Å². The normalized spacial score (nSPS) is 10.2. The van der Waals surface area contributed by atoms with Gasteiger partial charge < -0.3 is 14.7 Å². The Balaban J connectivity index is 1.62. The maximum Gasteiger partial charge on any atom is 0.407 e. The van der Waals surface area contributed by atoms with Crippen molar-refractivity contribution in [2.45, 2.75) is 13.0 Å². The van der Waals surface area contributed by atoms with Crippen LogP contribution in [0.4, 0.5) is 9.18 Å². The molecule has 3 rings (SSSR count). The van der Waals surface area contributed by atoms with E-state index in [1.54, 1.807) is 12.1 Å². The highest BCUT2D eigenvalue weighted by atomic mass is 19.1. The van der Waals surface area contributed by atoms with Crippen LogP contribution in [-0.4, -0.2) is 22.6 Å². The summed E-state index contributed by atoms with van der Waals surface area (Å²) in [4.78, 5) is 12.9. The molecule has 1 amide bonds. The number of hydrogen-bond donors (Lipinski definition) is 1. The predicted octanol–water partition coefficient (Wildman–Crippen LogP) is 5.21. The van der Waals surface area contributed by atoms with E-state index in [0.29, 0.717) is 25.3 Å². The maximum absolute atomic E-state index is 13.4. The highest BCUT2D eigenvalue weighted by Gasteiger charge is 2.12. The van der Waals surface area contributed by atoms with E-state index in [1.165, 1.54) is 23.1 Å². The number of nitriles is 1. The van der Waals surface area contributed by atoms with Crippen LogP contribution in [0.3, 0.4) is 0 Å². The molecule has 3 aromatic rings. The van der Waals surface area contributed by atoms with Crippen molar-refractivity contribution in [3.63, 3.8) is 0 Å². The summed E-state index contributed by atoms with van der Waals surface area (Å²) < 4.78 is 19.0. The lowest BCUT2D eigenvalue weighted by Gasteiger charge is -2.19. The molecule has 0 spiro atoms. The highest BCUT2D eigenvalue weighted by Crippen LogP contribution is 2.26. The van der Waals surface area contributed by atoms with Gasteiger partial charge in [0.25, 0.3) is 0 Å². The molecule has 0 aromatic heterocycles. The molecular formula is C23H19FN2O3. The number of amides is 1. The lowest BCUT2D eigenvalue weighted by atomic mass is 10.1. The average molecular weight is 390 g/mol. The van der Waals surface area contributed by atoms with Crippen LogP contribution < -0.4 is 4.74 Å². The van der Waals surface area contributed by atoms with E-state index >= 15 is 0 Å². The highest BCUT2D eigenvalue weighted by molar-refractivity contribution is 5.65. The zero-order chi connectivity index (χ0) is 20.6. The summed E-state index contributed by atoms with van der Waals surface area (Å²) in [5.74, 6) is 0.137. The number of carboxylic acid groups (broad SMARTS) is 1. The molecule has 5 nitrogen and oxygen atoms in total. The van der Waals surface area contributed by atoms with Gasteiger partial charge in [-0.2, -0.15) is 5.26 Å². The molecule has 0 aliphatic carbocycles. The number of halogens is 1. The quantitative estimate of drug-likeness (QED) is 0.601. The summed E-state index contributed by atoms with van der Waals surface area (Å²) in [6.45, 7) is 0.681. The fourth-order valence-corrected chi connectivity index (χ4v) is 2.83. The van der Waals surface area contributed by atoms with Gasteiger partial charge in [-0.1, -0.05) is 42.5 Å². The molecule has 0 saturated heterocycles. The van der Waals surface area contributed by atoms with Gasteiger partial charge in [-0.15, -0.1) is 0 Å². The first kappa shape index (κ1) is 19.9. The molecule has 0 bridgehead atoms. The first-order chi connectivity index (χ1) is 14.0. The van der Waals surface area contributed by atoms with Crippen molar-refractivity contribution in [1.29, 1.82) is 5.26 Å². The van der Waals surface area contributed by atoms with E-state index in [9.17, 15) is 14.3 Å². The SMILES string of the molecule is N#Cc1ccc(F)cc1Oc1ccc(CCN(Cc2ccccc2)C(=O)O)cc1. The van der Waals surface area contributed by atoms with Crippen molar-refractivity contribution in [2.75, 3.05) is 6.54 Å². The second kappa shape index (κ2) is 9.38. The zero-order valence-corrected chi connectivity index (χ0v) is 15.6. The van der Waals surface area contributed by atoms with E-state index in [-0.39, 0.29) is 11.3 Å². The summed E-state index contributed by atoms with van der Waals surface area (Å²) >= 11 is 0. The third-order valence-corrected chi connectivity index (χ3v) is 4.37. The molecule has 146 valence electrons. The summed E-state index contributed by atoms with van der Waals surface area (Å²) in [5.41, 5.74) is 2.12. The molecule has 0 atom stereocenters. The van der Waals surface area contributed by atoms with Gasteiger partial charge in [-0.05, 0) is 41.8 Å². The molecular weight excluding hydrogens is 371 g/mol. The van der Waals surface area contributed by atoms with E-state index in [4.69, 9.17) is 10.00 Å². The number of benzene rings is 3. The van der Waals surface area contributed by atoms with Gasteiger partial charge >= 0.3 is 6.09 Å². The zero-order valence-electron chi connectivity index (χ0n) is 15.6. The summed E-state index contributed by atoms with van der Waals surface area (Å²) in [6.07, 6.45) is -0.424. The van der Waals surface area contributed by atoms with Crippen LogP contribution in [0, 0.1) is 17.1 Å². The lowest BCUT2D eigenvalue weighted by molar-refractivity contribution is 0.143. The molecule has 0 radical (unpaired) electrons. The minimum atomic E-state index is -0.969. The van der Waals surface area contributed by atoms with Crippen LogP contribution in [0.15, 0.2) is 72.8 Å². The van der Waals surface area contributed by atoms with Crippen LogP contribution in [0.5, 0.6) is 11.5 Å². The third kappa shape index (κ3) is 5.56. The standard InChI is InChI=1S/C23H19FN2O3/c24-20-9-8-19(15-25)22(14-20)29-21-10-6-17(7-11-21)12-13-26(23(27)28)16-18-4-2-1-3-5-18/h1-11,14H,12-13,16H2,(H,27,28). The Bertz CT molecular complexity index is 1010. The Labute approximate surface area is 168 Å². The van der Waals surface area contributed by atoms with Crippen molar-refractivity contribution in [2.24, 2.45) is 0 Å². The Hall–Kier alpha value is -3.85. The van der Waals surface area contributed by atoms with E-state index in [1.807, 2.05) is 48.5 Å². The van der Waals surface area contributed by atoms with Crippen LogP contribution in [0.1, 0.15) is 16.7 Å². The second-order valence-corrected chi connectivity index (χ2v) is 6.44. The average Bonchev–Trinajstić information content (AvgIpc) is 2.73.